The first-order valence-electron chi connectivity index (χ1n) is 9.61. The lowest BCUT2D eigenvalue weighted by Gasteiger charge is -2.23. The molecular formula is C21H22F2N2O5. The number of alkyl halides is 2. The zero-order valence-corrected chi connectivity index (χ0v) is 16.4. The molecular weight excluding hydrogens is 398 g/mol. The lowest BCUT2D eigenvalue weighted by atomic mass is 10.1. The number of nitrogens with zero attached hydrogens (tertiary/aromatic N) is 2. The molecule has 160 valence electrons. The number of halogens is 2. The van der Waals surface area contributed by atoms with E-state index in [4.69, 9.17) is 4.74 Å². The van der Waals surface area contributed by atoms with Gasteiger partial charge in [-0.25, -0.2) is 0 Å². The Hall–Kier alpha value is -3.23. The van der Waals surface area contributed by atoms with Gasteiger partial charge < -0.3 is 14.4 Å². The summed E-state index contributed by atoms with van der Waals surface area (Å²) in [5, 5.41) is 11.2. The minimum absolute atomic E-state index is 0.0628. The number of nitro benzene ring substituents is 1. The first-order chi connectivity index (χ1) is 14.4. The van der Waals surface area contributed by atoms with Gasteiger partial charge in [0, 0.05) is 24.2 Å². The molecule has 1 fully saturated rings. The Balaban J connectivity index is 1.78. The van der Waals surface area contributed by atoms with E-state index in [9.17, 15) is 23.7 Å². The van der Waals surface area contributed by atoms with E-state index in [1.165, 1.54) is 12.1 Å². The van der Waals surface area contributed by atoms with Crippen LogP contribution in [-0.4, -0.2) is 35.0 Å². The van der Waals surface area contributed by atoms with Crippen molar-refractivity contribution >= 4 is 11.6 Å². The predicted octanol–water partition coefficient (Wildman–Crippen LogP) is 4.33. The number of carbonyl (C=O) groups is 1. The van der Waals surface area contributed by atoms with Crippen LogP contribution in [0, 0.1) is 10.1 Å². The summed E-state index contributed by atoms with van der Waals surface area (Å²) in [5.74, 6) is -0.116. The molecule has 1 saturated carbocycles. The van der Waals surface area contributed by atoms with E-state index in [-0.39, 0.29) is 48.7 Å². The molecule has 3 rings (SSSR count). The molecule has 2 aromatic carbocycles. The van der Waals surface area contributed by atoms with Gasteiger partial charge in [-0.15, -0.1) is 0 Å². The molecule has 30 heavy (non-hydrogen) atoms. The highest BCUT2D eigenvalue weighted by Gasteiger charge is 2.33. The molecule has 0 saturated heterocycles. The third-order valence-electron chi connectivity index (χ3n) is 4.71. The van der Waals surface area contributed by atoms with E-state index < -0.39 is 11.5 Å². The number of nitro groups is 1. The molecule has 7 nitrogen and oxygen atoms in total. The maximum Gasteiger partial charge on any atom is 0.387 e. The van der Waals surface area contributed by atoms with Crippen LogP contribution in [0.4, 0.5) is 14.5 Å². The first kappa shape index (κ1) is 21.5. The molecule has 1 aliphatic rings. The molecule has 0 spiro atoms. The fourth-order valence-corrected chi connectivity index (χ4v) is 3.22. The Morgan fingerprint density at radius 2 is 1.97 bits per heavy atom. The maximum atomic E-state index is 12.9. The largest absolute Gasteiger partial charge is 0.490 e. The summed E-state index contributed by atoms with van der Waals surface area (Å²) in [7, 11) is 0. The fraction of sp³-hybridized carbons (Fsp3) is 0.381. The van der Waals surface area contributed by atoms with E-state index in [0.717, 1.165) is 12.8 Å². The third-order valence-corrected chi connectivity index (χ3v) is 4.71. The van der Waals surface area contributed by atoms with Crippen molar-refractivity contribution in [1.29, 1.82) is 0 Å². The molecule has 0 unspecified atom stereocenters. The Morgan fingerprint density at radius 1 is 1.23 bits per heavy atom. The average Bonchev–Trinajstić information content (AvgIpc) is 3.53. The molecule has 0 heterocycles. The van der Waals surface area contributed by atoms with Gasteiger partial charge in [0.15, 0.2) is 11.5 Å². The Kier molecular flexibility index (Phi) is 6.81. The summed E-state index contributed by atoms with van der Waals surface area (Å²) in [6.07, 6.45) is 1.62. The van der Waals surface area contributed by atoms with Crippen LogP contribution in [-0.2, 0) is 17.8 Å². The molecule has 0 atom stereocenters. The van der Waals surface area contributed by atoms with E-state index >= 15 is 0 Å². The molecule has 0 aromatic heterocycles. The van der Waals surface area contributed by atoms with Gasteiger partial charge in [-0.1, -0.05) is 24.3 Å². The van der Waals surface area contributed by atoms with Gasteiger partial charge in [-0.3, -0.25) is 14.9 Å². The predicted molar refractivity (Wildman–Crippen MR) is 105 cm³/mol. The molecule has 2 aromatic rings. The van der Waals surface area contributed by atoms with E-state index in [1.807, 2.05) is 0 Å². The number of hydrogen-bond donors (Lipinski definition) is 0. The summed E-state index contributed by atoms with van der Waals surface area (Å²) in [6, 6.07) is 10.8. The van der Waals surface area contributed by atoms with Gasteiger partial charge in [0.1, 0.15) is 0 Å². The SMILES string of the molecule is CCOc1cc(CN(C(=O)Cc2ccccc2[N+](=O)[O-])C2CC2)ccc1OC(F)F. The number of rotatable bonds is 10. The zero-order valence-electron chi connectivity index (χ0n) is 16.4. The van der Waals surface area contributed by atoms with Crippen LogP contribution in [0.15, 0.2) is 42.5 Å². The monoisotopic (exact) mass is 420 g/mol. The van der Waals surface area contributed by atoms with E-state index in [0.29, 0.717) is 11.1 Å². The average molecular weight is 420 g/mol. The number of amides is 1. The summed E-state index contributed by atoms with van der Waals surface area (Å²) < 4.78 is 35.1. The highest BCUT2D eigenvalue weighted by atomic mass is 19.3. The minimum atomic E-state index is -2.97. The minimum Gasteiger partial charge on any atom is -0.490 e. The fourth-order valence-electron chi connectivity index (χ4n) is 3.22. The van der Waals surface area contributed by atoms with Gasteiger partial charge in [0.2, 0.25) is 5.91 Å². The van der Waals surface area contributed by atoms with Crippen LogP contribution in [0.3, 0.4) is 0 Å². The van der Waals surface area contributed by atoms with Gasteiger partial charge in [0.05, 0.1) is 18.0 Å². The summed E-state index contributed by atoms with van der Waals surface area (Å²) >= 11 is 0. The number of para-hydroxylation sites is 1. The smallest absolute Gasteiger partial charge is 0.387 e. The molecule has 0 bridgehead atoms. The van der Waals surface area contributed by atoms with Gasteiger partial charge >= 0.3 is 6.61 Å². The number of hydrogen-bond acceptors (Lipinski definition) is 5. The van der Waals surface area contributed by atoms with E-state index in [2.05, 4.69) is 4.74 Å². The van der Waals surface area contributed by atoms with Crippen molar-refractivity contribution in [2.24, 2.45) is 0 Å². The lowest BCUT2D eigenvalue weighted by molar-refractivity contribution is -0.385. The van der Waals surface area contributed by atoms with Crippen LogP contribution < -0.4 is 9.47 Å². The van der Waals surface area contributed by atoms with Gasteiger partial charge in [-0.2, -0.15) is 8.78 Å². The number of carbonyl (C=O) groups excluding carboxylic acids is 1. The van der Waals surface area contributed by atoms with Crippen LogP contribution >= 0.6 is 0 Å². The highest BCUT2D eigenvalue weighted by molar-refractivity contribution is 5.80. The second-order valence-corrected chi connectivity index (χ2v) is 6.91. The molecule has 0 aliphatic heterocycles. The second kappa shape index (κ2) is 9.51. The Morgan fingerprint density at radius 3 is 2.60 bits per heavy atom. The van der Waals surface area contributed by atoms with Gasteiger partial charge in [-0.05, 0) is 37.5 Å². The van der Waals surface area contributed by atoms with Crippen molar-refractivity contribution in [2.45, 2.75) is 45.4 Å². The quantitative estimate of drug-likeness (QED) is 0.422. The van der Waals surface area contributed by atoms with E-state index in [1.54, 1.807) is 42.2 Å². The van der Waals surface area contributed by atoms with Crippen molar-refractivity contribution in [3.63, 3.8) is 0 Å². The summed E-state index contributed by atoms with van der Waals surface area (Å²) in [5.41, 5.74) is 0.963. The first-order valence-corrected chi connectivity index (χ1v) is 9.61. The van der Waals surface area contributed by atoms with Crippen molar-refractivity contribution in [2.75, 3.05) is 6.61 Å². The third kappa shape index (κ3) is 5.43. The van der Waals surface area contributed by atoms with Crippen LogP contribution in [0.1, 0.15) is 30.9 Å². The number of benzene rings is 2. The Bertz CT molecular complexity index is 918. The van der Waals surface area contributed by atoms with Crippen LogP contribution in [0.5, 0.6) is 11.5 Å². The summed E-state index contributed by atoms with van der Waals surface area (Å²) in [6.45, 7) is -0.724. The number of ether oxygens (including phenoxy) is 2. The van der Waals surface area contributed by atoms with Crippen molar-refractivity contribution in [3.05, 3.63) is 63.7 Å². The topological polar surface area (TPSA) is 81.9 Å². The molecule has 0 radical (unpaired) electrons. The lowest BCUT2D eigenvalue weighted by Crippen LogP contribution is -2.34. The van der Waals surface area contributed by atoms with Crippen LogP contribution in [0.2, 0.25) is 0 Å². The molecule has 1 aliphatic carbocycles. The summed E-state index contributed by atoms with van der Waals surface area (Å²) in [4.78, 5) is 25.3. The standard InChI is InChI=1S/C21H22F2N2O5/c1-2-29-19-11-14(7-10-18(19)30-21(22)23)13-24(16-8-9-16)20(26)12-15-5-3-4-6-17(15)25(27)28/h3-7,10-11,16,21H,2,8-9,12-13H2,1H3. The maximum absolute atomic E-state index is 12.9. The van der Waals surface area contributed by atoms with Crippen molar-refractivity contribution in [1.82, 2.24) is 4.90 Å². The van der Waals surface area contributed by atoms with Gasteiger partial charge in [0.25, 0.3) is 5.69 Å². The Labute approximate surface area is 172 Å². The second-order valence-electron chi connectivity index (χ2n) is 6.91. The highest BCUT2D eigenvalue weighted by Crippen LogP contribution is 2.33. The van der Waals surface area contributed by atoms with Crippen LogP contribution in [0.25, 0.3) is 0 Å². The van der Waals surface area contributed by atoms with Crippen molar-refractivity contribution in [3.8, 4) is 11.5 Å². The molecule has 0 N–H and O–H groups in total. The van der Waals surface area contributed by atoms with Crippen molar-refractivity contribution < 1.29 is 28.0 Å². The molecule has 1 amide bonds. The molecule has 9 heteroatoms. The normalized spacial score (nSPS) is 13.2. The zero-order chi connectivity index (χ0) is 21.7.